The van der Waals surface area contributed by atoms with Crippen LogP contribution in [0.2, 0.25) is 0 Å². The summed E-state index contributed by atoms with van der Waals surface area (Å²) >= 11 is 0. The zero-order chi connectivity index (χ0) is 17.2. The quantitative estimate of drug-likeness (QED) is 0.615. The number of anilines is 1. The fraction of sp³-hybridized carbons (Fsp3) is 0.174. The van der Waals surface area contributed by atoms with Crippen LogP contribution < -0.4 is 4.90 Å². The monoisotopic (exact) mass is 327 g/mol. The summed E-state index contributed by atoms with van der Waals surface area (Å²) < 4.78 is 0. The Morgan fingerprint density at radius 2 is 1.48 bits per heavy atom. The largest absolute Gasteiger partial charge is 0.308 e. The van der Waals surface area contributed by atoms with Gasteiger partial charge in [0.2, 0.25) is 5.91 Å². The average molecular weight is 327 g/mol. The van der Waals surface area contributed by atoms with Gasteiger partial charge in [-0.05, 0) is 52.8 Å². The molecule has 4 rings (SSSR count). The van der Waals surface area contributed by atoms with Gasteiger partial charge in [0.1, 0.15) is 0 Å². The molecular weight excluding hydrogens is 306 g/mol. The summed E-state index contributed by atoms with van der Waals surface area (Å²) in [6, 6.07) is 25.3. The number of rotatable bonds is 1. The van der Waals surface area contributed by atoms with E-state index < -0.39 is 0 Å². The van der Waals surface area contributed by atoms with Gasteiger partial charge in [0.15, 0.2) is 0 Å². The number of carbonyl (C=O) groups is 1. The van der Waals surface area contributed by atoms with Crippen LogP contribution in [0, 0.1) is 0 Å². The first-order valence-corrected chi connectivity index (χ1v) is 8.75. The van der Waals surface area contributed by atoms with Gasteiger partial charge in [-0.1, -0.05) is 60.7 Å². The molecule has 1 amide bonds. The maximum atomic E-state index is 12.3. The van der Waals surface area contributed by atoms with Crippen molar-refractivity contribution in [2.45, 2.75) is 26.3 Å². The second kappa shape index (κ2) is 6.56. The van der Waals surface area contributed by atoms with Gasteiger partial charge in [-0.3, -0.25) is 4.79 Å². The molecule has 1 aliphatic heterocycles. The van der Waals surface area contributed by atoms with Crippen molar-refractivity contribution in [3.05, 3.63) is 89.5 Å². The topological polar surface area (TPSA) is 20.3 Å². The van der Waals surface area contributed by atoms with Crippen LogP contribution in [-0.4, -0.2) is 5.91 Å². The SMILES string of the molecule is CC(=O)N1Cc2cc(-c3ccccc3)ccc2CCc2ccccc21. The third kappa shape index (κ3) is 3.08. The number of benzene rings is 3. The molecule has 0 fully saturated rings. The van der Waals surface area contributed by atoms with Gasteiger partial charge in [-0.25, -0.2) is 0 Å². The normalized spacial score (nSPS) is 13.4. The lowest BCUT2D eigenvalue weighted by molar-refractivity contribution is -0.116. The second-order valence-electron chi connectivity index (χ2n) is 6.58. The summed E-state index contributed by atoms with van der Waals surface area (Å²) in [5.41, 5.74) is 7.28. The predicted octanol–water partition coefficient (Wildman–Crippen LogP) is 5.01. The highest BCUT2D eigenvalue weighted by molar-refractivity contribution is 5.92. The van der Waals surface area contributed by atoms with Gasteiger partial charge in [-0.15, -0.1) is 0 Å². The van der Waals surface area contributed by atoms with Crippen LogP contribution >= 0.6 is 0 Å². The van der Waals surface area contributed by atoms with E-state index in [2.05, 4.69) is 60.7 Å². The van der Waals surface area contributed by atoms with Crippen LogP contribution in [0.25, 0.3) is 11.1 Å². The highest BCUT2D eigenvalue weighted by atomic mass is 16.2. The van der Waals surface area contributed by atoms with E-state index in [1.807, 2.05) is 17.0 Å². The van der Waals surface area contributed by atoms with Gasteiger partial charge >= 0.3 is 0 Å². The molecule has 124 valence electrons. The minimum atomic E-state index is 0.0883. The lowest BCUT2D eigenvalue weighted by Gasteiger charge is -2.28. The highest BCUT2D eigenvalue weighted by Crippen LogP contribution is 2.30. The zero-order valence-electron chi connectivity index (χ0n) is 14.4. The number of nitrogens with zero attached hydrogens (tertiary/aromatic N) is 1. The van der Waals surface area contributed by atoms with Crippen molar-refractivity contribution in [2.24, 2.45) is 0 Å². The molecule has 0 bridgehead atoms. The first-order valence-electron chi connectivity index (χ1n) is 8.75. The molecule has 1 aliphatic rings. The van der Waals surface area contributed by atoms with Gasteiger partial charge in [0.25, 0.3) is 0 Å². The van der Waals surface area contributed by atoms with Crippen molar-refractivity contribution in [3.8, 4) is 11.1 Å². The molecule has 0 saturated heterocycles. The minimum absolute atomic E-state index is 0.0883. The second-order valence-corrected chi connectivity index (χ2v) is 6.58. The summed E-state index contributed by atoms with van der Waals surface area (Å²) in [4.78, 5) is 14.2. The number of carbonyl (C=O) groups excluding carboxylic acids is 1. The molecule has 0 atom stereocenters. The zero-order valence-corrected chi connectivity index (χ0v) is 14.4. The number of fused-ring (bicyclic) bond motifs is 2. The molecule has 0 aromatic heterocycles. The van der Waals surface area contributed by atoms with Crippen molar-refractivity contribution < 1.29 is 4.79 Å². The lowest BCUT2D eigenvalue weighted by Crippen LogP contribution is -2.30. The third-order valence-corrected chi connectivity index (χ3v) is 4.97. The van der Waals surface area contributed by atoms with Gasteiger partial charge in [0.05, 0.1) is 6.54 Å². The average Bonchev–Trinajstić information content (AvgIpc) is 2.64. The maximum Gasteiger partial charge on any atom is 0.224 e. The summed E-state index contributed by atoms with van der Waals surface area (Å²) in [6.45, 7) is 2.28. The van der Waals surface area contributed by atoms with E-state index in [1.165, 1.54) is 27.8 Å². The molecule has 0 unspecified atom stereocenters. The van der Waals surface area contributed by atoms with E-state index in [-0.39, 0.29) is 5.91 Å². The van der Waals surface area contributed by atoms with E-state index >= 15 is 0 Å². The summed E-state index contributed by atoms with van der Waals surface area (Å²) in [6.07, 6.45) is 1.96. The van der Waals surface area contributed by atoms with E-state index in [9.17, 15) is 4.79 Å². The summed E-state index contributed by atoms with van der Waals surface area (Å²) in [7, 11) is 0. The Kier molecular flexibility index (Phi) is 4.10. The molecule has 0 radical (unpaired) electrons. The summed E-state index contributed by atoms with van der Waals surface area (Å²) in [5.74, 6) is 0.0883. The van der Waals surface area contributed by atoms with Crippen LogP contribution in [0.15, 0.2) is 72.8 Å². The Labute approximate surface area is 148 Å². The van der Waals surface area contributed by atoms with Crippen LogP contribution in [0.5, 0.6) is 0 Å². The first-order chi connectivity index (χ1) is 12.2. The predicted molar refractivity (Wildman–Crippen MR) is 103 cm³/mol. The van der Waals surface area contributed by atoms with Gasteiger partial charge in [-0.2, -0.15) is 0 Å². The molecule has 0 N–H and O–H groups in total. The number of aryl methyl sites for hydroxylation is 2. The number of amides is 1. The molecule has 0 aliphatic carbocycles. The highest BCUT2D eigenvalue weighted by Gasteiger charge is 2.20. The van der Waals surface area contributed by atoms with Crippen molar-refractivity contribution in [1.82, 2.24) is 0 Å². The van der Waals surface area contributed by atoms with E-state index in [0.29, 0.717) is 6.54 Å². The Bertz CT molecular complexity index is 914. The minimum Gasteiger partial charge on any atom is -0.308 e. The van der Waals surface area contributed by atoms with Crippen LogP contribution in [0.3, 0.4) is 0 Å². The summed E-state index contributed by atoms with van der Waals surface area (Å²) in [5, 5.41) is 0. The van der Waals surface area contributed by atoms with Crippen molar-refractivity contribution in [1.29, 1.82) is 0 Å². The number of hydrogen-bond donors (Lipinski definition) is 0. The molecule has 1 heterocycles. The third-order valence-electron chi connectivity index (χ3n) is 4.97. The molecule has 3 aromatic carbocycles. The smallest absolute Gasteiger partial charge is 0.224 e. The maximum absolute atomic E-state index is 12.3. The van der Waals surface area contributed by atoms with Crippen molar-refractivity contribution in [3.63, 3.8) is 0 Å². The van der Waals surface area contributed by atoms with Crippen LogP contribution in [0.1, 0.15) is 23.6 Å². The Balaban J connectivity index is 1.78. The first kappa shape index (κ1) is 15.6. The molecule has 2 heteroatoms. The molecule has 25 heavy (non-hydrogen) atoms. The fourth-order valence-electron chi connectivity index (χ4n) is 3.62. The van der Waals surface area contributed by atoms with Crippen LogP contribution in [0.4, 0.5) is 5.69 Å². The van der Waals surface area contributed by atoms with Gasteiger partial charge in [0, 0.05) is 12.6 Å². The fourth-order valence-corrected chi connectivity index (χ4v) is 3.62. The van der Waals surface area contributed by atoms with E-state index in [4.69, 9.17) is 0 Å². The van der Waals surface area contributed by atoms with E-state index in [1.54, 1.807) is 6.92 Å². The number of para-hydroxylation sites is 1. The molecule has 2 nitrogen and oxygen atoms in total. The Morgan fingerprint density at radius 3 is 2.28 bits per heavy atom. The lowest BCUT2D eigenvalue weighted by atomic mass is 9.92. The van der Waals surface area contributed by atoms with Crippen molar-refractivity contribution >= 4 is 11.6 Å². The van der Waals surface area contributed by atoms with Gasteiger partial charge < -0.3 is 4.90 Å². The Morgan fingerprint density at radius 1 is 0.760 bits per heavy atom. The van der Waals surface area contributed by atoms with Crippen molar-refractivity contribution in [2.75, 3.05) is 4.90 Å². The number of hydrogen-bond acceptors (Lipinski definition) is 1. The standard InChI is InChI=1S/C23H21NO/c1-17(25)24-16-22-15-21(18-7-3-2-4-8-18)14-12-19(22)11-13-20-9-5-6-10-23(20)24/h2-10,12,14-15H,11,13,16H2,1H3. The van der Waals surface area contributed by atoms with Crippen LogP contribution in [-0.2, 0) is 24.2 Å². The molecule has 0 saturated carbocycles. The Hall–Kier alpha value is -2.87. The molecular formula is C23H21NO. The van der Waals surface area contributed by atoms with E-state index in [0.717, 1.165) is 18.5 Å². The molecule has 0 spiro atoms. The molecule has 3 aromatic rings.